The lowest BCUT2D eigenvalue weighted by molar-refractivity contribution is 0.286. The molecule has 2 rings (SSSR count). The zero-order valence-corrected chi connectivity index (χ0v) is 11.9. The Balaban J connectivity index is 2.07. The first-order valence-electron chi connectivity index (χ1n) is 7.54. The lowest BCUT2D eigenvalue weighted by Gasteiger charge is -2.28. The van der Waals surface area contributed by atoms with Gasteiger partial charge in [0.2, 0.25) is 0 Å². The van der Waals surface area contributed by atoms with Gasteiger partial charge in [-0.05, 0) is 31.4 Å². The van der Waals surface area contributed by atoms with Gasteiger partial charge in [0.25, 0.3) is 0 Å². The van der Waals surface area contributed by atoms with Crippen LogP contribution in [0, 0.1) is 5.92 Å². The molecule has 0 amide bonds. The van der Waals surface area contributed by atoms with Gasteiger partial charge in [0.1, 0.15) is 0 Å². The molecule has 0 aromatic carbocycles. The van der Waals surface area contributed by atoms with Crippen LogP contribution in [0.3, 0.4) is 0 Å². The van der Waals surface area contributed by atoms with Gasteiger partial charge in [-0.15, -0.1) is 0 Å². The SMILES string of the molecule is CCNC(c1ccn(C)n1)C1CCCCCCC1. The number of nitrogens with zero attached hydrogens (tertiary/aromatic N) is 2. The molecule has 1 heterocycles. The molecule has 1 aromatic heterocycles. The molecule has 3 nitrogen and oxygen atoms in total. The van der Waals surface area contributed by atoms with E-state index in [9.17, 15) is 0 Å². The second-order valence-corrected chi connectivity index (χ2v) is 5.55. The van der Waals surface area contributed by atoms with Crippen molar-refractivity contribution >= 4 is 0 Å². The summed E-state index contributed by atoms with van der Waals surface area (Å²) in [5.41, 5.74) is 1.23. The summed E-state index contributed by atoms with van der Waals surface area (Å²) < 4.78 is 1.92. The quantitative estimate of drug-likeness (QED) is 0.886. The number of hydrogen-bond donors (Lipinski definition) is 1. The third kappa shape index (κ3) is 3.58. The van der Waals surface area contributed by atoms with Crippen molar-refractivity contribution in [2.75, 3.05) is 6.54 Å². The maximum atomic E-state index is 4.61. The predicted octanol–water partition coefficient (Wildman–Crippen LogP) is 3.43. The van der Waals surface area contributed by atoms with Gasteiger partial charge in [-0.3, -0.25) is 4.68 Å². The molecule has 3 heteroatoms. The smallest absolute Gasteiger partial charge is 0.0796 e. The fraction of sp³-hybridized carbons (Fsp3) is 0.800. The molecule has 1 aromatic rings. The Morgan fingerprint density at radius 1 is 1.28 bits per heavy atom. The Kier molecular flexibility index (Phi) is 5.24. The predicted molar refractivity (Wildman–Crippen MR) is 75.4 cm³/mol. The van der Waals surface area contributed by atoms with Crippen molar-refractivity contribution in [2.24, 2.45) is 13.0 Å². The molecule has 1 aliphatic carbocycles. The topological polar surface area (TPSA) is 29.9 Å². The van der Waals surface area contributed by atoms with Crippen LogP contribution in [0.2, 0.25) is 0 Å². The zero-order valence-electron chi connectivity index (χ0n) is 11.9. The highest BCUT2D eigenvalue weighted by Crippen LogP contribution is 2.32. The Hall–Kier alpha value is -0.830. The maximum Gasteiger partial charge on any atom is 0.0796 e. The molecular weight excluding hydrogens is 222 g/mol. The first-order valence-corrected chi connectivity index (χ1v) is 7.54. The van der Waals surface area contributed by atoms with Gasteiger partial charge in [0, 0.05) is 13.2 Å². The van der Waals surface area contributed by atoms with Gasteiger partial charge in [0.15, 0.2) is 0 Å². The van der Waals surface area contributed by atoms with E-state index in [1.807, 2.05) is 11.7 Å². The number of hydrogen-bond acceptors (Lipinski definition) is 2. The fourth-order valence-corrected chi connectivity index (χ4v) is 3.15. The molecule has 0 bridgehead atoms. The normalized spacial score (nSPS) is 20.3. The van der Waals surface area contributed by atoms with E-state index >= 15 is 0 Å². The highest BCUT2D eigenvalue weighted by atomic mass is 15.3. The van der Waals surface area contributed by atoms with Gasteiger partial charge in [-0.2, -0.15) is 5.10 Å². The van der Waals surface area contributed by atoms with Crippen molar-refractivity contribution in [1.82, 2.24) is 15.1 Å². The second kappa shape index (κ2) is 6.93. The van der Waals surface area contributed by atoms with Crippen LogP contribution in [-0.2, 0) is 7.05 Å². The summed E-state index contributed by atoms with van der Waals surface area (Å²) in [4.78, 5) is 0. The Morgan fingerprint density at radius 2 is 1.94 bits per heavy atom. The van der Waals surface area contributed by atoms with Crippen molar-refractivity contribution in [2.45, 2.75) is 57.9 Å². The standard InChI is InChI=1S/C15H27N3/c1-3-16-15(14-11-12-18(2)17-14)13-9-7-5-4-6-8-10-13/h11-13,15-16H,3-10H2,1-2H3. The molecule has 1 N–H and O–H groups in total. The van der Waals surface area contributed by atoms with Crippen molar-refractivity contribution in [3.8, 4) is 0 Å². The Labute approximate surface area is 111 Å². The fourth-order valence-electron chi connectivity index (χ4n) is 3.15. The van der Waals surface area contributed by atoms with E-state index < -0.39 is 0 Å². The molecule has 0 aliphatic heterocycles. The van der Waals surface area contributed by atoms with E-state index in [-0.39, 0.29) is 0 Å². The van der Waals surface area contributed by atoms with Gasteiger partial charge in [-0.25, -0.2) is 0 Å². The maximum absolute atomic E-state index is 4.61. The van der Waals surface area contributed by atoms with Crippen LogP contribution in [0.1, 0.15) is 63.6 Å². The average Bonchev–Trinajstić information content (AvgIpc) is 2.73. The minimum absolute atomic E-state index is 0.453. The van der Waals surface area contributed by atoms with Crippen LogP contribution in [0.15, 0.2) is 12.3 Å². The van der Waals surface area contributed by atoms with Crippen LogP contribution in [-0.4, -0.2) is 16.3 Å². The van der Waals surface area contributed by atoms with E-state index in [0.717, 1.165) is 12.5 Å². The molecule has 0 saturated heterocycles. The summed E-state index contributed by atoms with van der Waals surface area (Å²) in [6.45, 7) is 3.22. The van der Waals surface area contributed by atoms with Crippen LogP contribution < -0.4 is 5.32 Å². The first kappa shape index (κ1) is 13.6. The van der Waals surface area contributed by atoms with E-state index in [0.29, 0.717) is 6.04 Å². The van der Waals surface area contributed by atoms with Crippen molar-refractivity contribution in [3.05, 3.63) is 18.0 Å². The lowest BCUT2D eigenvalue weighted by atomic mass is 9.84. The Bertz CT molecular complexity index is 337. The summed E-state index contributed by atoms with van der Waals surface area (Å²) in [6, 6.07) is 2.63. The molecule has 1 aliphatic rings. The van der Waals surface area contributed by atoms with E-state index in [2.05, 4.69) is 29.6 Å². The monoisotopic (exact) mass is 249 g/mol. The third-order valence-electron chi connectivity index (χ3n) is 4.10. The lowest BCUT2D eigenvalue weighted by Crippen LogP contribution is -2.29. The van der Waals surface area contributed by atoms with Crippen LogP contribution >= 0.6 is 0 Å². The summed E-state index contributed by atoms with van der Waals surface area (Å²) in [6.07, 6.45) is 11.8. The van der Waals surface area contributed by atoms with Crippen LogP contribution in [0.4, 0.5) is 0 Å². The summed E-state index contributed by atoms with van der Waals surface area (Å²) >= 11 is 0. The number of aromatic nitrogens is 2. The minimum atomic E-state index is 0.453. The first-order chi connectivity index (χ1) is 8.81. The van der Waals surface area contributed by atoms with Crippen molar-refractivity contribution in [3.63, 3.8) is 0 Å². The summed E-state index contributed by atoms with van der Waals surface area (Å²) in [5, 5.41) is 8.27. The molecular formula is C15H27N3. The number of aryl methyl sites for hydroxylation is 1. The number of nitrogens with one attached hydrogen (secondary N) is 1. The third-order valence-corrected chi connectivity index (χ3v) is 4.10. The van der Waals surface area contributed by atoms with E-state index in [1.165, 1.54) is 50.6 Å². The van der Waals surface area contributed by atoms with Crippen molar-refractivity contribution in [1.29, 1.82) is 0 Å². The summed E-state index contributed by atoms with van der Waals surface area (Å²) in [5.74, 6) is 0.764. The highest BCUT2D eigenvalue weighted by molar-refractivity contribution is 5.07. The second-order valence-electron chi connectivity index (χ2n) is 5.55. The average molecular weight is 249 g/mol. The number of rotatable bonds is 4. The van der Waals surface area contributed by atoms with Crippen LogP contribution in [0.25, 0.3) is 0 Å². The molecule has 0 spiro atoms. The Morgan fingerprint density at radius 3 is 2.50 bits per heavy atom. The van der Waals surface area contributed by atoms with Crippen LogP contribution in [0.5, 0.6) is 0 Å². The molecule has 1 unspecified atom stereocenters. The summed E-state index contributed by atoms with van der Waals surface area (Å²) in [7, 11) is 2.00. The molecule has 1 atom stereocenters. The molecule has 18 heavy (non-hydrogen) atoms. The highest BCUT2D eigenvalue weighted by Gasteiger charge is 2.24. The van der Waals surface area contributed by atoms with Gasteiger partial charge >= 0.3 is 0 Å². The van der Waals surface area contributed by atoms with Crippen molar-refractivity contribution < 1.29 is 0 Å². The molecule has 0 radical (unpaired) electrons. The zero-order chi connectivity index (χ0) is 12.8. The molecule has 1 fully saturated rings. The van der Waals surface area contributed by atoms with Gasteiger partial charge in [-0.1, -0.05) is 39.0 Å². The van der Waals surface area contributed by atoms with Gasteiger partial charge in [0.05, 0.1) is 11.7 Å². The van der Waals surface area contributed by atoms with E-state index in [4.69, 9.17) is 0 Å². The minimum Gasteiger partial charge on any atom is -0.309 e. The molecule has 102 valence electrons. The van der Waals surface area contributed by atoms with Gasteiger partial charge < -0.3 is 5.32 Å². The van der Waals surface area contributed by atoms with E-state index in [1.54, 1.807) is 0 Å². The molecule has 1 saturated carbocycles. The largest absolute Gasteiger partial charge is 0.309 e.